The third kappa shape index (κ3) is 5.81. The molecule has 0 aliphatic heterocycles. The standard InChI is InChI=1S/C29H22O6/c1-19(30)20-3-5-23(6-4-20)28(31)34-26-15-7-21(8-16-26)22-9-17-27(18-10-22)35-29(32)24-11-13-25(33-2)14-12-24/h3-18H,1-2H3. The first-order chi connectivity index (χ1) is 16.9. The average Bonchev–Trinajstić information content (AvgIpc) is 2.89. The predicted octanol–water partition coefficient (Wildman–Crippen LogP) is 6.00. The molecule has 6 nitrogen and oxygen atoms in total. The first-order valence-electron chi connectivity index (χ1n) is 10.8. The third-order valence-electron chi connectivity index (χ3n) is 5.32. The summed E-state index contributed by atoms with van der Waals surface area (Å²) < 4.78 is 15.9. The van der Waals surface area contributed by atoms with E-state index in [1.165, 1.54) is 6.92 Å². The van der Waals surface area contributed by atoms with Gasteiger partial charge in [0.1, 0.15) is 17.2 Å². The molecular formula is C29H22O6. The Balaban J connectivity index is 1.37. The van der Waals surface area contributed by atoms with Crippen molar-refractivity contribution in [3.63, 3.8) is 0 Å². The SMILES string of the molecule is COc1ccc(C(=O)Oc2ccc(-c3ccc(OC(=O)c4ccc(C(C)=O)cc4)cc3)cc2)cc1. The van der Waals surface area contributed by atoms with Crippen LogP contribution in [0, 0.1) is 0 Å². The summed E-state index contributed by atoms with van der Waals surface area (Å²) in [6, 6.07) is 27.2. The molecule has 0 heterocycles. The summed E-state index contributed by atoms with van der Waals surface area (Å²) in [5.74, 6) is 0.465. The number of ether oxygens (including phenoxy) is 3. The van der Waals surface area contributed by atoms with Crippen LogP contribution in [0.4, 0.5) is 0 Å². The van der Waals surface area contributed by atoms with Gasteiger partial charge in [-0.2, -0.15) is 0 Å². The fourth-order valence-electron chi connectivity index (χ4n) is 3.33. The zero-order valence-corrected chi connectivity index (χ0v) is 19.2. The van der Waals surface area contributed by atoms with Gasteiger partial charge < -0.3 is 14.2 Å². The zero-order valence-electron chi connectivity index (χ0n) is 19.2. The van der Waals surface area contributed by atoms with Gasteiger partial charge in [-0.1, -0.05) is 36.4 Å². The van der Waals surface area contributed by atoms with Gasteiger partial charge in [-0.25, -0.2) is 9.59 Å². The highest BCUT2D eigenvalue weighted by Gasteiger charge is 2.11. The van der Waals surface area contributed by atoms with E-state index in [9.17, 15) is 14.4 Å². The number of carbonyl (C=O) groups is 3. The summed E-state index contributed by atoms with van der Waals surface area (Å²) in [7, 11) is 1.56. The van der Waals surface area contributed by atoms with Crippen molar-refractivity contribution in [1.29, 1.82) is 0 Å². The summed E-state index contributed by atoms with van der Waals surface area (Å²) in [4.78, 5) is 36.0. The lowest BCUT2D eigenvalue weighted by atomic mass is 10.1. The lowest BCUT2D eigenvalue weighted by molar-refractivity contribution is 0.0725. The van der Waals surface area contributed by atoms with Crippen LogP contribution in [0.3, 0.4) is 0 Å². The Kier molecular flexibility index (Phi) is 7.02. The van der Waals surface area contributed by atoms with Crippen LogP contribution in [0.1, 0.15) is 38.0 Å². The van der Waals surface area contributed by atoms with E-state index in [1.54, 1.807) is 79.9 Å². The number of carbonyl (C=O) groups excluding carboxylic acids is 3. The van der Waals surface area contributed by atoms with Crippen molar-refractivity contribution < 1.29 is 28.6 Å². The predicted molar refractivity (Wildman–Crippen MR) is 131 cm³/mol. The maximum atomic E-state index is 12.4. The molecule has 0 aliphatic carbocycles. The second-order valence-electron chi connectivity index (χ2n) is 7.69. The van der Waals surface area contributed by atoms with Crippen LogP contribution in [0.15, 0.2) is 97.1 Å². The lowest BCUT2D eigenvalue weighted by Crippen LogP contribution is -2.08. The topological polar surface area (TPSA) is 78.9 Å². The minimum Gasteiger partial charge on any atom is -0.497 e. The fourth-order valence-corrected chi connectivity index (χ4v) is 3.33. The molecule has 0 spiro atoms. The molecule has 0 bridgehead atoms. The quantitative estimate of drug-likeness (QED) is 0.189. The van der Waals surface area contributed by atoms with Gasteiger partial charge in [0.15, 0.2) is 5.78 Å². The summed E-state index contributed by atoms with van der Waals surface area (Å²) in [6.07, 6.45) is 0. The van der Waals surface area contributed by atoms with Crippen LogP contribution in [0.2, 0.25) is 0 Å². The molecule has 35 heavy (non-hydrogen) atoms. The Bertz CT molecular complexity index is 1340. The Morgan fingerprint density at radius 2 is 0.829 bits per heavy atom. The van der Waals surface area contributed by atoms with Crippen molar-refractivity contribution in [2.45, 2.75) is 6.92 Å². The number of benzene rings is 4. The first kappa shape index (κ1) is 23.4. The van der Waals surface area contributed by atoms with Crippen LogP contribution < -0.4 is 14.2 Å². The molecule has 0 unspecified atom stereocenters. The van der Waals surface area contributed by atoms with Gasteiger partial charge in [-0.3, -0.25) is 4.79 Å². The molecule has 0 saturated carbocycles. The van der Waals surface area contributed by atoms with Gasteiger partial charge in [-0.15, -0.1) is 0 Å². The van der Waals surface area contributed by atoms with E-state index >= 15 is 0 Å². The molecule has 4 aromatic carbocycles. The van der Waals surface area contributed by atoms with Crippen molar-refractivity contribution in [2.24, 2.45) is 0 Å². The van der Waals surface area contributed by atoms with Gasteiger partial charge >= 0.3 is 11.9 Å². The molecule has 0 radical (unpaired) electrons. The summed E-state index contributed by atoms with van der Waals surface area (Å²) in [5.41, 5.74) is 3.14. The van der Waals surface area contributed by atoms with Crippen molar-refractivity contribution in [1.82, 2.24) is 0 Å². The van der Waals surface area contributed by atoms with Crippen molar-refractivity contribution in [3.8, 4) is 28.4 Å². The van der Waals surface area contributed by atoms with Crippen LogP contribution >= 0.6 is 0 Å². The Labute approximate surface area is 202 Å². The molecule has 4 rings (SSSR count). The summed E-state index contributed by atoms with van der Waals surface area (Å²) >= 11 is 0. The highest BCUT2D eigenvalue weighted by molar-refractivity contribution is 5.96. The maximum absolute atomic E-state index is 12.4. The molecule has 0 aliphatic rings. The Hall–Kier alpha value is -4.71. The second-order valence-corrected chi connectivity index (χ2v) is 7.69. The van der Waals surface area contributed by atoms with E-state index in [0.717, 1.165) is 11.1 Å². The molecule has 0 amide bonds. The highest BCUT2D eigenvalue weighted by atomic mass is 16.5. The normalized spacial score (nSPS) is 10.3. The lowest BCUT2D eigenvalue weighted by Gasteiger charge is -2.08. The number of esters is 2. The average molecular weight is 466 g/mol. The zero-order chi connectivity index (χ0) is 24.8. The fraction of sp³-hybridized carbons (Fsp3) is 0.0690. The van der Waals surface area contributed by atoms with E-state index in [-0.39, 0.29) is 5.78 Å². The number of rotatable bonds is 7. The molecule has 0 fully saturated rings. The van der Waals surface area contributed by atoms with E-state index < -0.39 is 11.9 Å². The second kappa shape index (κ2) is 10.5. The van der Waals surface area contributed by atoms with E-state index in [4.69, 9.17) is 14.2 Å². The number of methoxy groups -OCH3 is 1. The molecule has 4 aromatic rings. The van der Waals surface area contributed by atoms with Crippen molar-refractivity contribution in [2.75, 3.05) is 7.11 Å². The summed E-state index contributed by atoms with van der Waals surface area (Å²) in [5, 5.41) is 0. The Morgan fingerprint density at radius 3 is 1.20 bits per heavy atom. The molecule has 0 saturated heterocycles. The summed E-state index contributed by atoms with van der Waals surface area (Å²) in [6.45, 7) is 1.47. The van der Waals surface area contributed by atoms with Crippen LogP contribution in [-0.4, -0.2) is 24.8 Å². The number of hydrogen-bond acceptors (Lipinski definition) is 6. The van der Waals surface area contributed by atoms with E-state index in [0.29, 0.717) is 33.9 Å². The number of Topliss-reactive ketones (excluding diaryl/α,β-unsaturated/α-hetero) is 1. The molecule has 0 aromatic heterocycles. The highest BCUT2D eigenvalue weighted by Crippen LogP contribution is 2.25. The molecular weight excluding hydrogens is 444 g/mol. The van der Waals surface area contributed by atoms with Crippen molar-refractivity contribution in [3.05, 3.63) is 114 Å². The number of hydrogen-bond donors (Lipinski definition) is 0. The van der Waals surface area contributed by atoms with Gasteiger partial charge in [0.2, 0.25) is 0 Å². The van der Waals surface area contributed by atoms with Gasteiger partial charge in [0, 0.05) is 5.56 Å². The number of ketones is 1. The van der Waals surface area contributed by atoms with Crippen molar-refractivity contribution >= 4 is 17.7 Å². The van der Waals surface area contributed by atoms with Crippen LogP contribution in [0.5, 0.6) is 17.2 Å². The van der Waals surface area contributed by atoms with E-state index in [2.05, 4.69) is 0 Å². The molecule has 0 N–H and O–H groups in total. The van der Waals surface area contributed by atoms with Crippen LogP contribution in [-0.2, 0) is 0 Å². The molecule has 174 valence electrons. The minimum absolute atomic E-state index is 0.0658. The largest absolute Gasteiger partial charge is 0.497 e. The van der Waals surface area contributed by atoms with E-state index in [1.807, 2.05) is 24.3 Å². The third-order valence-corrected chi connectivity index (χ3v) is 5.32. The van der Waals surface area contributed by atoms with Crippen LogP contribution in [0.25, 0.3) is 11.1 Å². The maximum Gasteiger partial charge on any atom is 0.343 e. The monoisotopic (exact) mass is 466 g/mol. The minimum atomic E-state index is -0.504. The molecule has 0 atom stereocenters. The first-order valence-corrected chi connectivity index (χ1v) is 10.8. The molecule has 6 heteroatoms. The smallest absolute Gasteiger partial charge is 0.343 e. The van der Waals surface area contributed by atoms with Gasteiger partial charge in [-0.05, 0) is 78.7 Å². The Morgan fingerprint density at radius 1 is 0.486 bits per heavy atom. The van der Waals surface area contributed by atoms with Gasteiger partial charge in [0.05, 0.1) is 18.2 Å². The van der Waals surface area contributed by atoms with Gasteiger partial charge in [0.25, 0.3) is 0 Å².